The normalized spacial score (nSPS) is 17.6. The Morgan fingerprint density at radius 3 is 2.43 bits per heavy atom. The van der Waals surface area contributed by atoms with Gasteiger partial charge in [-0.3, -0.25) is 4.79 Å². The summed E-state index contributed by atoms with van der Waals surface area (Å²) in [4.78, 5) is 13.0. The van der Waals surface area contributed by atoms with Gasteiger partial charge < -0.3 is 10.2 Å². The number of nitrogens with one attached hydrogen (secondary N) is 2. The maximum absolute atomic E-state index is 13.9. The zero-order valence-corrected chi connectivity index (χ0v) is 17.9. The van der Waals surface area contributed by atoms with Gasteiger partial charge in [-0.2, -0.15) is 4.31 Å². The van der Waals surface area contributed by atoms with Crippen LogP contribution in [0.5, 0.6) is 0 Å². The minimum Gasteiger partial charge on any atom is -0.349 e. The summed E-state index contributed by atoms with van der Waals surface area (Å²) < 4.78 is 40.4. The fraction of sp³-hybridized carbons (Fsp3) is 0.650. The number of sulfonamides is 1. The summed E-state index contributed by atoms with van der Waals surface area (Å²) in [6, 6.07) is 5.58. The highest BCUT2D eigenvalue weighted by Crippen LogP contribution is 2.18. The number of nitrogens with zero attached hydrogens (tertiary/aromatic N) is 1. The molecule has 6 nitrogen and oxygen atoms in total. The lowest BCUT2D eigenvalue weighted by Crippen LogP contribution is -3.15. The highest BCUT2D eigenvalue weighted by atomic mass is 32.2. The van der Waals surface area contributed by atoms with E-state index in [-0.39, 0.29) is 29.9 Å². The van der Waals surface area contributed by atoms with E-state index in [1.54, 1.807) is 0 Å². The molecule has 0 spiro atoms. The molecule has 1 saturated heterocycles. The molecule has 1 fully saturated rings. The number of amides is 1. The first-order chi connectivity index (χ1) is 13.2. The van der Waals surface area contributed by atoms with Crippen molar-refractivity contribution in [3.63, 3.8) is 0 Å². The van der Waals surface area contributed by atoms with Crippen molar-refractivity contribution in [3.8, 4) is 0 Å². The van der Waals surface area contributed by atoms with Crippen LogP contribution in [-0.4, -0.2) is 57.4 Å². The van der Waals surface area contributed by atoms with Crippen LogP contribution in [0.15, 0.2) is 29.2 Å². The molecule has 2 rings (SSSR count). The molecule has 1 aromatic rings. The van der Waals surface area contributed by atoms with Crippen LogP contribution >= 0.6 is 0 Å². The van der Waals surface area contributed by atoms with Crippen molar-refractivity contribution < 1.29 is 22.5 Å². The average Bonchev–Trinajstić information content (AvgIpc) is 2.62. The molecule has 0 bridgehead atoms. The van der Waals surface area contributed by atoms with Gasteiger partial charge in [0, 0.05) is 6.04 Å². The van der Waals surface area contributed by atoms with Crippen LogP contribution in [0, 0.1) is 11.7 Å². The molecular weight excluding hydrogens is 381 g/mol. The Morgan fingerprint density at radius 1 is 1.18 bits per heavy atom. The van der Waals surface area contributed by atoms with Gasteiger partial charge in [-0.15, -0.1) is 0 Å². The van der Waals surface area contributed by atoms with Gasteiger partial charge in [-0.1, -0.05) is 38.8 Å². The molecule has 1 heterocycles. The largest absolute Gasteiger partial charge is 0.349 e. The number of hydrogen-bond acceptors (Lipinski definition) is 3. The standard InChI is InChI=1S/C20H32FN3O3S/c1-16(2)7-6-8-17(3)22-20(25)15-23-11-13-24(14-12-23)28(26,27)19-10-5-4-9-18(19)21/h4-5,9-10,16-17H,6-8,11-15H2,1-3H3,(H,22,25)/p+1/t17-/m1/s1. The van der Waals surface area contributed by atoms with Gasteiger partial charge in [0.2, 0.25) is 10.0 Å². The second-order valence-corrected chi connectivity index (χ2v) is 9.96. The molecule has 1 aliphatic heterocycles. The van der Waals surface area contributed by atoms with Gasteiger partial charge in [0.05, 0.1) is 26.2 Å². The van der Waals surface area contributed by atoms with E-state index >= 15 is 0 Å². The van der Waals surface area contributed by atoms with Crippen LogP contribution in [-0.2, 0) is 14.8 Å². The number of halogens is 1. The highest BCUT2D eigenvalue weighted by Gasteiger charge is 2.32. The summed E-state index contributed by atoms with van der Waals surface area (Å²) in [5, 5.41) is 3.03. The van der Waals surface area contributed by atoms with E-state index in [4.69, 9.17) is 0 Å². The van der Waals surface area contributed by atoms with Crippen LogP contribution in [0.2, 0.25) is 0 Å². The second-order valence-electron chi connectivity index (χ2n) is 8.05. The Balaban J connectivity index is 1.79. The summed E-state index contributed by atoms with van der Waals surface area (Å²) >= 11 is 0. The third kappa shape index (κ3) is 6.53. The predicted molar refractivity (Wildman–Crippen MR) is 107 cm³/mol. The van der Waals surface area contributed by atoms with Crippen molar-refractivity contribution in [1.82, 2.24) is 9.62 Å². The molecule has 2 N–H and O–H groups in total. The number of carbonyl (C=O) groups is 1. The molecule has 0 saturated carbocycles. The zero-order chi connectivity index (χ0) is 20.7. The summed E-state index contributed by atoms with van der Waals surface area (Å²) in [7, 11) is -3.84. The maximum Gasteiger partial charge on any atom is 0.275 e. The van der Waals surface area contributed by atoms with Gasteiger partial charge in [0.1, 0.15) is 10.7 Å². The molecule has 0 unspecified atom stereocenters. The van der Waals surface area contributed by atoms with Crippen LogP contribution < -0.4 is 10.2 Å². The van der Waals surface area contributed by atoms with Crippen molar-refractivity contribution in [1.29, 1.82) is 0 Å². The molecule has 0 aromatic heterocycles. The monoisotopic (exact) mass is 414 g/mol. The Labute approximate surface area is 168 Å². The van der Waals surface area contributed by atoms with E-state index in [2.05, 4.69) is 19.2 Å². The zero-order valence-electron chi connectivity index (χ0n) is 17.1. The van der Waals surface area contributed by atoms with E-state index < -0.39 is 15.8 Å². The molecule has 8 heteroatoms. The number of quaternary nitrogens is 1. The Bertz CT molecular complexity index is 747. The first-order valence-electron chi connectivity index (χ1n) is 10.1. The van der Waals surface area contributed by atoms with E-state index in [1.165, 1.54) is 22.5 Å². The topological polar surface area (TPSA) is 70.9 Å². The molecular formula is C20H33FN3O3S+. The molecule has 158 valence electrons. The second kappa shape index (κ2) is 10.3. The van der Waals surface area contributed by atoms with Crippen LogP contribution in [0.3, 0.4) is 0 Å². The Hall–Kier alpha value is -1.51. The summed E-state index contributed by atoms with van der Waals surface area (Å²) in [5.74, 6) is -0.0650. The molecule has 0 radical (unpaired) electrons. The minimum atomic E-state index is -3.84. The van der Waals surface area contributed by atoms with Crippen LogP contribution in [0.25, 0.3) is 0 Å². The molecule has 1 aliphatic rings. The lowest BCUT2D eigenvalue weighted by atomic mass is 10.0. The first kappa shape index (κ1) is 22.8. The van der Waals surface area contributed by atoms with E-state index in [0.29, 0.717) is 25.6 Å². The van der Waals surface area contributed by atoms with Crippen molar-refractivity contribution in [3.05, 3.63) is 30.1 Å². The molecule has 1 amide bonds. The minimum absolute atomic E-state index is 0.00235. The van der Waals surface area contributed by atoms with Crippen molar-refractivity contribution >= 4 is 15.9 Å². The van der Waals surface area contributed by atoms with E-state index in [1.807, 2.05) is 6.92 Å². The van der Waals surface area contributed by atoms with Crippen molar-refractivity contribution in [2.75, 3.05) is 32.7 Å². The number of rotatable bonds is 9. The van der Waals surface area contributed by atoms with Crippen LogP contribution in [0.4, 0.5) is 4.39 Å². The summed E-state index contributed by atoms with van der Waals surface area (Å²) in [5.41, 5.74) is 0. The lowest BCUT2D eigenvalue weighted by Gasteiger charge is -2.31. The van der Waals surface area contributed by atoms with Gasteiger partial charge in [-0.25, -0.2) is 12.8 Å². The number of hydrogen-bond donors (Lipinski definition) is 2. The SMILES string of the molecule is CC(C)CCC[C@@H](C)NC(=O)C[NH+]1CCN(S(=O)(=O)c2ccccc2F)CC1. The number of carbonyl (C=O) groups excluding carboxylic acids is 1. The smallest absolute Gasteiger partial charge is 0.275 e. The third-order valence-corrected chi connectivity index (χ3v) is 7.05. The Morgan fingerprint density at radius 2 is 1.82 bits per heavy atom. The average molecular weight is 415 g/mol. The fourth-order valence-corrected chi connectivity index (χ4v) is 4.98. The van der Waals surface area contributed by atoms with Crippen molar-refractivity contribution in [2.24, 2.45) is 5.92 Å². The third-order valence-electron chi connectivity index (χ3n) is 5.12. The van der Waals surface area contributed by atoms with Gasteiger partial charge in [0.15, 0.2) is 6.54 Å². The van der Waals surface area contributed by atoms with E-state index in [0.717, 1.165) is 30.2 Å². The highest BCUT2D eigenvalue weighted by molar-refractivity contribution is 7.89. The summed E-state index contributed by atoms with van der Waals surface area (Å²) in [6.07, 6.45) is 3.22. The number of benzene rings is 1. The molecule has 28 heavy (non-hydrogen) atoms. The molecule has 1 atom stereocenters. The van der Waals surface area contributed by atoms with Gasteiger partial charge in [0.25, 0.3) is 5.91 Å². The van der Waals surface area contributed by atoms with Crippen molar-refractivity contribution in [2.45, 2.75) is 51.0 Å². The first-order valence-corrected chi connectivity index (χ1v) is 11.5. The van der Waals surface area contributed by atoms with Gasteiger partial charge >= 0.3 is 0 Å². The quantitative estimate of drug-likeness (QED) is 0.635. The molecule has 0 aliphatic carbocycles. The predicted octanol–water partition coefficient (Wildman–Crippen LogP) is 1.05. The Kier molecular flexibility index (Phi) is 8.39. The number of piperazine rings is 1. The fourth-order valence-electron chi connectivity index (χ4n) is 3.47. The molecule has 1 aromatic carbocycles. The summed E-state index contributed by atoms with van der Waals surface area (Å²) in [6.45, 7) is 8.37. The lowest BCUT2D eigenvalue weighted by molar-refractivity contribution is -0.895. The maximum atomic E-state index is 13.9. The van der Waals surface area contributed by atoms with Crippen LogP contribution in [0.1, 0.15) is 40.0 Å². The van der Waals surface area contributed by atoms with Gasteiger partial charge in [-0.05, 0) is 31.4 Å². The van der Waals surface area contributed by atoms with E-state index in [9.17, 15) is 17.6 Å².